The molecule has 136 valence electrons. The van der Waals surface area contributed by atoms with Crippen molar-refractivity contribution < 1.29 is 23.1 Å². The van der Waals surface area contributed by atoms with E-state index in [2.05, 4.69) is 5.32 Å². The van der Waals surface area contributed by atoms with Crippen molar-refractivity contribution in [2.24, 2.45) is 5.92 Å². The molecule has 3 rings (SSSR count). The number of anilines is 2. The van der Waals surface area contributed by atoms with Crippen molar-refractivity contribution in [3.8, 4) is 0 Å². The fourth-order valence-electron chi connectivity index (χ4n) is 2.97. The highest BCUT2D eigenvalue weighted by molar-refractivity contribution is 6.03. The summed E-state index contributed by atoms with van der Waals surface area (Å²) in [5.74, 6) is -2.87. The molecule has 1 aliphatic rings. The molecular formula is C19H18F2N2O3. The molecule has 0 saturated carbocycles. The Morgan fingerprint density at radius 1 is 1.27 bits per heavy atom. The van der Waals surface area contributed by atoms with Gasteiger partial charge in [0.2, 0.25) is 11.8 Å². The van der Waals surface area contributed by atoms with Gasteiger partial charge in [-0.05, 0) is 18.2 Å². The standard InChI is InChI=1S/C19H18F2N2O3/c1-26-11-12-4-2-3-5-16(12)22-19(25)13-8-18(24)23(10-13)17-7-6-14(20)9-15(17)21/h2-7,9,13H,8,10-11H2,1H3,(H,22,25). The van der Waals surface area contributed by atoms with Crippen LogP contribution in [0.1, 0.15) is 12.0 Å². The zero-order valence-corrected chi connectivity index (χ0v) is 14.2. The van der Waals surface area contributed by atoms with E-state index < -0.39 is 17.6 Å². The summed E-state index contributed by atoms with van der Waals surface area (Å²) in [4.78, 5) is 25.9. The van der Waals surface area contributed by atoms with E-state index in [1.54, 1.807) is 19.2 Å². The highest BCUT2D eigenvalue weighted by Crippen LogP contribution is 2.29. The number of hydrogen-bond acceptors (Lipinski definition) is 3. The normalized spacial score (nSPS) is 16.8. The molecule has 1 aliphatic heterocycles. The van der Waals surface area contributed by atoms with Crippen molar-refractivity contribution >= 4 is 23.2 Å². The number of hydrogen-bond donors (Lipinski definition) is 1. The lowest BCUT2D eigenvalue weighted by molar-refractivity contribution is -0.122. The van der Waals surface area contributed by atoms with Gasteiger partial charge in [0, 0.05) is 37.4 Å². The summed E-state index contributed by atoms with van der Waals surface area (Å²) in [5, 5.41) is 2.80. The zero-order valence-electron chi connectivity index (χ0n) is 14.2. The van der Waals surface area contributed by atoms with Crippen LogP contribution in [0.3, 0.4) is 0 Å². The van der Waals surface area contributed by atoms with E-state index in [0.29, 0.717) is 12.3 Å². The smallest absolute Gasteiger partial charge is 0.229 e. The maximum Gasteiger partial charge on any atom is 0.229 e. The molecule has 1 heterocycles. The molecule has 2 amide bonds. The summed E-state index contributed by atoms with van der Waals surface area (Å²) >= 11 is 0. The minimum atomic E-state index is -0.829. The SMILES string of the molecule is COCc1ccccc1NC(=O)C1CC(=O)N(c2ccc(F)cc2F)C1. The number of benzene rings is 2. The lowest BCUT2D eigenvalue weighted by Crippen LogP contribution is -2.29. The Morgan fingerprint density at radius 3 is 2.77 bits per heavy atom. The van der Waals surface area contributed by atoms with Gasteiger partial charge < -0.3 is 15.0 Å². The van der Waals surface area contributed by atoms with Crippen LogP contribution in [0.25, 0.3) is 0 Å². The lowest BCUT2D eigenvalue weighted by Gasteiger charge is -2.18. The third kappa shape index (κ3) is 3.72. The molecule has 0 aliphatic carbocycles. The monoisotopic (exact) mass is 360 g/mol. The average Bonchev–Trinajstić information content (AvgIpc) is 2.99. The van der Waals surface area contributed by atoms with Gasteiger partial charge in [-0.15, -0.1) is 0 Å². The highest BCUT2D eigenvalue weighted by Gasteiger charge is 2.36. The van der Waals surface area contributed by atoms with Crippen LogP contribution in [-0.2, 0) is 20.9 Å². The van der Waals surface area contributed by atoms with Gasteiger partial charge in [-0.2, -0.15) is 0 Å². The first-order valence-electron chi connectivity index (χ1n) is 8.12. The van der Waals surface area contributed by atoms with E-state index in [1.165, 1.54) is 11.0 Å². The molecule has 1 N–H and O–H groups in total. The number of nitrogens with zero attached hydrogens (tertiary/aromatic N) is 1. The van der Waals surface area contributed by atoms with Gasteiger partial charge in [0.25, 0.3) is 0 Å². The topological polar surface area (TPSA) is 58.6 Å². The molecule has 0 radical (unpaired) electrons. The van der Waals surface area contributed by atoms with E-state index in [4.69, 9.17) is 4.74 Å². The number of nitrogens with one attached hydrogen (secondary N) is 1. The molecule has 1 saturated heterocycles. The molecular weight excluding hydrogens is 342 g/mol. The second kappa shape index (κ2) is 7.61. The summed E-state index contributed by atoms with van der Waals surface area (Å²) in [7, 11) is 1.56. The van der Waals surface area contributed by atoms with Gasteiger partial charge >= 0.3 is 0 Å². The van der Waals surface area contributed by atoms with Crippen LogP contribution in [0.5, 0.6) is 0 Å². The van der Waals surface area contributed by atoms with Crippen molar-refractivity contribution in [1.82, 2.24) is 0 Å². The van der Waals surface area contributed by atoms with E-state index in [1.807, 2.05) is 12.1 Å². The number of carbonyl (C=O) groups is 2. The fraction of sp³-hybridized carbons (Fsp3) is 0.263. The van der Waals surface area contributed by atoms with E-state index in [-0.39, 0.29) is 30.5 Å². The van der Waals surface area contributed by atoms with Gasteiger partial charge in [0.1, 0.15) is 11.6 Å². The summed E-state index contributed by atoms with van der Waals surface area (Å²) in [5.41, 5.74) is 1.40. The Kier molecular flexibility index (Phi) is 5.27. The Morgan fingerprint density at radius 2 is 2.04 bits per heavy atom. The highest BCUT2D eigenvalue weighted by atomic mass is 19.1. The average molecular weight is 360 g/mol. The number of rotatable bonds is 5. The zero-order chi connectivity index (χ0) is 18.7. The predicted molar refractivity (Wildman–Crippen MR) is 92.6 cm³/mol. The Hall–Kier alpha value is -2.80. The van der Waals surface area contributed by atoms with Gasteiger partial charge in [-0.3, -0.25) is 9.59 Å². The molecule has 5 nitrogen and oxygen atoms in total. The predicted octanol–water partition coefficient (Wildman–Crippen LogP) is 3.10. The molecule has 2 aromatic rings. The number of halogens is 2. The summed E-state index contributed by atoms with van der Waals surface area (Å²) in [6, 6.07) is 10.2. The number of methoxy groups -OCH3 is 1. The van der Waals surface area contributed by atoms with Crippen LogP contribution in [0.15, 0.2) is 42.5 Å². The van der Waals surface area contributed by atoms with Gasteiger partial charge in [-0.1, -0.05) is 18.2 Å². The number of ether oxygens (including phenoxy) is 1. The lowest BCUT2D eigenvalue weighted by atomic mass is 10.1. The molecule has 1 fully saturated rings. The van der Waals surface area contributed by atoms with E-state index in [9.17, 15) is 18.4 Å². The molecule has 2 aromatic carbocycles. The van der Waals surface area contributed by atoms with Crippen molar-refractivity contribution in [1.29, 1.82) is 0 Å². The third-order valence-corrected chi connectivity index (χ3v) is 4.27. The van der Waals surface area contributed by atoms with Crippen LogP contribution in [-0.4, -0.2) is 25.5 Å². The first-order valence-corrected chi connectivity index (χ1v) is 8.12. The van der Waals surface area contributed by atoms with Crippen LogP contribution < -0.4 is 10.2 Å². The number of para-hydroxylation sites is 1. The molecule has 1 atom stereocenters. The minimum Gasteiger partial charge on any atom is -0.380 e. The van der Waals surface area contributed by atoms with Crippen molar-refractivity contribution in [3.05, 3.63) is 59.7 Å². The molecule has 26 heavy (non-hydrogen) atoms. The largest absolute Gasteiger partial charge is 0.380 e. The first-order chi connectivity index (χ1) is 12.5. The van der Waals surface area contributed by atoms with Gasteiger partial charge in [-0.25, -0.2) is 8.78 Å². The first kappa shape index (κ1) is 18.0. The van der Waals surface area contributed by atoms with Crippen molar-refractivity contribution in [2.45, 2.75) is 13.0 Å². The quantitative estimate of drug-likeness (QED) is 0.891. The Labute approximate surface area is 149 Å². The molecule has 0 bridgehead atoms. The van der Waals surface area contributed by atoms with Crippen LogP contribution >= 0.6 is 0 Å². The summed E-state index contributed by atoms with van der Waals surface area (Å²) in [6.07, 6.45) is -0.0326. The van der Waals surface area contributed by atoms with Crippen LogP contribution in [0.4, 0.5) is 20.2 Å². The number of carbonyl (C=O) groups excluding carboxylic acids is 2. The maximum atomic E-state index is 13.9. The Bertz CT molecular complexity index is 841. The second-order valence-corrected chi connectivity index (χ2v) is 6.08. The second-order valence-electron chi connectivity index (χ2n) is 6.08. The number of amides is 2. The van der Waals surface area contributed by atoms with Gasteiger partial charge in [0.15, 0.2) is 0 Å². The minimum absolute atomic E-state index is 0.0218. The molecule has 0 spiro atoms. The Balaban J connectivity index is 1.73. The summed E-state index contributed by atoms with van der Waals surface area (Å²) < 4.78 is 32.1. The van der Waals surface area contributed by atoms with E-state index >= 15 is 0 Å². The molecule has 1 unspecified atom stereocenters. The van der Waals surface area contributed by atoms with Crippen molar-refractivity contribution in [2.75, 3.05) is 23.9 Å². The van der Waals surface area contributed by atoms with E-state index in [0.717, 1.165) is 17.7 Å². The summed E-state index contributed by atoms with van der Waals surface area (Å²) in [6.45, 7) is 0.382. The van der Waals surface area contributed by atoms with Crippen molar-refractivity contribution in [3.63, 3.8) is 0 Å². The van der Waals surface area contributed by atoms with Crippen LogP contribution in [0.2, 0.25) is 0 Å². The molecule has 7 heteroatoms. The molecule has 0 aromatic heterocycles. The van der Waals surface area contributed by atoms with Crippen LogP contribution in [0, 0.1) is 17.6 Å². The maximum absolute atomic E-state index is 13.9. The third-order valence-electron chi connectivity index (χ3n) is 4.27. The fourth-order valence-corrected chi connectivity index (χ4v) is 2.97. The van der Waals surface area contributed by atoms with Gasteiger partial charge in [0.05, 0.1) is 18.2 Å².